The van der Waals surface area contributed by atoms with E-state index < -0.39 is 36.6 Å². The predicted molar refractivity (Wildman–Crippen MR) is 72.8 cm³/mol. The number of carbonyl (C=O) groups is 3. The second kappa shape index (κ2) is 7.93. The minimum atomic E-state index is -3.43. The lowest BCUT2D eigenvalue weighted by molar-refractivity contribution is -0.139. The molecule has 0 unspecified atom stereocenters. The van der Waals surface area contributed by atoms with Gasteiger partial charge in [0.15, 0.2) is 0 Å². The normalized spacial score (nSPS) is 15.8. The molecule has 0 spiro atoms. The van der Waals surface area contributed by atoms with Crippen LogP contribution in [0.25, 0.3) is 0 Å². The summed E-state index contributed by atoms with van der Waals surface area (Å²) in [4.78, 5) is 34.5. The van der Waals surface area contributed by atoms with Crippen LogP contribution in [0.2, 0.25) is 0 Å². The number of hydrogen-bond acceptors (Lipinski definition) is 3. The van der Waals surface area contributed by atoms with Gasteiger partial charge in [-0.1, -0.05) is 30.3 Å². The highest BCUT2D eigenvalue weighted by Gasteiger charge is 2.15. The number of hydrogen-bond donors (Lipinski definition) is 3. The van der Waals surface area contributed by atoms with E-state index >= 15 is 0 Å². The molecule has 0 aliphatic carbocycles. The maximum atomic E-state index is 11.9. The van der Waals surface area contributed by atoms with Crippen LogP contribution < -0.4 is 10.6 Å². The summed E-state index contributed by atoms with van der Waals surface area (Å²) in [6.45, 7) is 1.48. The van der Waals surface area contributed by atoms with Crippen LogP contribution in [0.3, 0.4) is 0 Å². The summed E-state index contributed by atoms with van der Waals surface area (Å²) in [5, 5.41) is 13.2. The third kappa shape index (κ3) is 5.99. The van der Waals surface area contributed by atoms with Crippen molar-refractivity contribution in [1.29, 1.82) is 0 Å². The van der Waals surface area contributed by atoms with Crippen LogP contribution in [0.4, 0.5) is 0 Å². The summed E-state index contributed by atoms with van der Waals surface area (Å²) in [6.07, 6.45) is -6.77. The quantitative estimate of drug-likeness (QED) is 0.685. The second-order valence-corrected chi connectivity index (χ2v) is 3.95. The molecule has 0 bridgehead atoms. The standard InChI is InChI=1S/C14H18N2O4/c1-10(16-12(17)7-8-13(18)19)14(20)15-9-11-5-3-2-4-6-11/h2-6,10H,7-9H2,1H3,(H,15,20)(H,16,17)(H,18,19)/t10-/m1/s1/i7D2,8D2. The molecule has 1 aromatic rings. The summed E-state index contributed by atoms with van der Waals surface area (Å²) < 4.78 is 29.2. The monoisotopic (exact) mass is 282 g/mol. The molecule has 0 heterocycles. The number of carbonyl (C=O) groups excluding carboxylic acids is 2. The summed E-state index contributed by atoms with van der Waals surface area (Å²) in [6, 6.07) is 7.78. The highest BCUT2D eigenvalue weighted by Crippen LogP contribution is 1.98. The van der Waals surface area contributed by atoms with Crippen molar-refractivity contribution < 1.29 is 25.0 Å². The first-order chi connectivity index (χ1) is 11.0. The highest BCUT2D eigenvalue weighted by atomic mass is 16.4. The van der Waals surface area contributed by atoms with Crippen LogP contribution in [-0.2, 0) is 20.9 Å². The van der Waals surface area contributed by atoms with Crippen molar-refractivity contribution in [1.82, 2.24) is 10.6 Å². The van der Waals surface area contributed by atoms with Gasteiger partial charge in [-0.25, -0.2) is 0 Å². The number of amides is 2. The molecule has 1 rings (SSSR count). The van der Waals surface area contributed by atoms with Crippen LogP contribution >= 0.6 is 0 Å². The average Bonchev–Trinajstić information content (AvgIpc) is 2.52. The van der Waals surface area contributed by atoms with E-state index in [1.807, 2.05) is 11.4 Å². The molecule has 1 aromatic carbocycles. The molecule has 20 heavy (non-hydrogen) atoms. The van der Waals surface area contributed by atoms with E-state index in [4.69, 9.17) is 10.6 Å². The maximum Gasteiger partial charge on any atom is 0.303 e. The number of rotatable bonds is 7. The fraction of sp³-hybridized carbons (Fsp3) is 0.357. The molecule has 1 atom stereocenters. The van der Waals surface area contributed by atoms with Crippen LogP contribution in [0.1, 0.15) is 30.7 Å². The number of aliphatic carboxylic acids is 1. The van der Waals surface area contributed by atoms with Crippen molar-refractivity contribution in [2.45, 2.75) is 32.3 Å². The molecule has 0 saturated heterocycles. The van der Waals surface area contributed by atoms with E-state index in [1.54, 1.807) is 24.3 Å². The molecule has 108 valence electrons. The Balaban J connectivity index is 2.65. The van der Waals surface area contributed by atoms with Gasteiger partial charge >= 0.3 is 5.97 Å². The molecule has 2 amide bonds. The largest absolute Gasteiger partial charge is 0.481 e. The fourth-order valence-corrected chi connectivity index (χ4v) is 1.35. The zero-order chi connectivity index (χ0) is 18.5. The van der Waals surface area contributed by atoms with Crippen molar-refractivity contribution in [3.8, 4) is 0 Å². The minimum Gasteiger partial charge on any atom is -0.481 e. The van der Waals surface area contributed by atoms with Gasteiger partial charge in [-0.15, -0.1) is 0 Å². The van der Waals surface area contributed by atoms with Gasteiger partial charge < -0.3 is 15.7 Å². The van der Waals surface area contributed by atoms with Crippen molar-refractivity contribution >= 4 is 17.8 Å². The lowest BCUT2D eigenvalue weighted by atomic mass is 10.2. The zero-order valence-electron chi connectivity index (χ0n) is 14.8. The third-order valence-electron chi connectivity index (χ3n) is 2.33. The van der Waals surface area contributed by atoms with Gasteiger partial charge in [0.05, 0.1) is 6.37 Å². The molecular formula is C14H18N2O4. The van der Waals surface area contributed by atoms with Gasteiger partial charge in [-0.3, -0.25) is 14.4 Å². The van der Waals surface area contributed by atoms with Gasteiger partial charge in [0.2, 0.25) is 11.8 Å². The van der Waals surface area contributed by atoms with Gasteiger partial charge in [0.25, 0.3) is 0 Å². The zero-order valence-corrected chi connectivity index (χ0v) is 10.8. The topological polar surface area (TPSA) is 95.5 Å². The van der Waals surface area contributed by atoms with E-state index in [0.29, 0.717) is 0 Å². The molecular weight excluding hydrogens is 260 g/mol. The van der Waals surface area contributed by atoms with Crippen LogP contribution in [0.15, 0.2) is 30.3 Å². The van der Waals surface area contributed by atoms with E-state index in [2.05, 4.69) is 5.32 Å². The number of carboxylic acid groups (broad SMARTS) is 1. The van der Waals surface area contributed by atoms with Crippen molar-refractivity contribution in [2.24, 2.45) is 0 Å². The fourth-order valence-electron chi connectivity index (χ4n) is 1.35. The van der Waals surface area contributed by atoms with Crippen LogP contribution in [0.5, 0.6) is 0 Å². The number of nitrogens with one attached hydrogen (secondary N) is 2. The Morgan fingerprint density at radius 2 is 1.90 bits per heavy atom. The third-order valence-corrected chi connectivity index (χ3v) is 2.33. The second-order valence-electron chi connectivity index (χ2n) is 3.95. The lowest BCUT2D eigenvalue weighted by Crippen LogP contribution is -2.44. The summed E-state index contributed by atoms with van der Waals surface area (Å²) >= 11 is 0. The van der Waals surface area contributed by atoms with E-state index in [1.165, 1.54) is 6.92 Å². The van der Waals surface area contributed by atoms with Gasteiger partial charge in [0, 0.05) is 18.4 Å². The van der Waals surface area contributed by atoms with Crippen molar-refractivity contribution in [3.05, 3.63) is 35.9 Å². The molecule has 0 fully saturated rings. The molecule has 0 aliphatic rings. The van der Waals surface area contributed by atoms with E-state index in [9.17, 15) is 14.4 Å². The van der Waals surface area contributed by atoms with Crippen LogP contribution in [-0.4, -0.2) is 28.9 Å². The summed E-state index contributed by atoms with van der Waals surface area (Å²) in [7, 11) is 0. The Hall–Kier alpha value is -2.37. The first-order valence-electron chi connectivity index (χ1n) is 7.86. The van der Waals surface area contributed by atoms with Crippen LogP contribution in [0, 0.1) is 0 Å². The number of carboxylic acids is 1. The van der Waals surface area contributed by atoms with Gasteiger partial charge in [0.1, 0.15) is 6.04 Å². The predicted octanol–water partition coefficient (Wildman–Crippen LogP) is 0.672. The molecule has 0 radical (unpaired) electrons. The lowest BCUT2D eigenvalue weighted by Gasteiger charge is -2.13. The van der Waals surface area contributed by atoms with Crippen molar-refractivity contribution in [3.63, 3.8) is 0 Å². The molecule has 0 aliphatic heterocycles. The van der Waals surface area contributed by atoms with E-state index in [0.717, 1.165) is 5.56 Å². The Labute approximate surface area is 122 Å². The molecule has 6 heteroatoms. The Bertz CT molecular complexity index is 622. The highest BCUT2D eigenvalue weighted by molar-refractivity contribution is 5.88. The first kappa shape index (κ1) is 10.4. The number of benzene rings is 1. The van der Waals surface area contributed by atoms with Gasteiger partial charge in [-0.2, -0.15) is 0 Å². The van der Waals surface area contributed by atoms with Gasteiger partial charge in [-0.05, 0) is 12.5 Å². The summed E-state index contributed by atoms with van der Waals surface area (Å²) in [5.74, 6) is -4.24. The molecule has 0 saturated carbocycles. The maximum absolute atomic E-state index is 11.9. The SMILES string of the molecule is [2H]C([2H])(C(=O)O)C([2H])([2H])C(=O)N[C@H](C)C(=O)NCc1ccccc1. The Morgan fingerprint density at radius 3 is 2.50 bits per heavy atom. The average molecular weight is 282 g/mol. The summed E-state index contributed by atoms with van der Waals surface area (Å²) in [5.41, 5.74) is 0.821. The van der Waals surface area contributed by atoms with E-state index in [-0.39, 0.29) is 6.54 Å². The first-order valence-corrected chi connectivity index (χ1v) is 5.86. The molecule has 6 nitrogen and oxygen atoms in total. The molecule has 0 aromatic heterocycles. The minimum absolute atomic E-state index is 0.197. The molecule has 3 N–H and O–H groups in total. The Morgan fingerprint density at radius 1 is 1.25 bits per heavy atom. The smallest absolute Gasteiger partial charge is 0.303 e. The van der Waals surface area contributed by atoms with Crippen molar-refractivity contribution in [2.75, 3.05) is 0 Å². The Kier molecular flexibility index (Phi) is 4.13.